The van der Waals surface area contributed by atoms with Gasteiger partial charge in [0.2, 0.25) is 0 Å². The summed E-state index contributed by atoms with van der Waals surface area (Å²) in [5, 5.41) is 3.62. The second-order valence-corrected chi connectivity index (χ2v) is 6.62. The highest BCUT2D eigenvalue weighted by atomic mass is 32.2. The molecule has 1 aliphatic heterocycles. The standard InChI is InChI=1S/C15H32N2S/c1-4-16-15-9-11-17(13-14(15)2)10-7-5-6-8-12-18-3/h14-16H,4-13H2,1-3H3. The van der Waals surface area contributed by atoms with Crippen LogP contribution in [-0.2, 0) is 0 Å². The maximum Gasteiger partial charge on any atom is 0.0117 e. The summed E-state index contributed by atoms with van der Waals surface area (Å²) in [6, 6.07) is 0.757. The Morgan fingerprint density at radius 1 is 1.22 bits per heavy atom. The van der Waals surface area contributed by atoms with Crippen LogP contribution in [0.15, 0.2) is 0 Å². The van der Waals surface area contributed by atoms with Crippen molar-refractivity contribution in [3.63, 3.8) is 0 Å². The topological polar surface area (TPSA) is 15.3 Å². The summed E-state index contributed by atoms with van der Waals surface area (Å²) in [4.78, 5) is 2.67. The molecule has 0 saturated carbocycles. The molecule has 2 atom stereocenters. The van der Waals surface area contributed by atoms with E-state index in [0.717, 1.165) is 18.5 Å². The predicted octanol–water partition coefficient (Wildman–Crippen LogP) is 3.23. The van der Waals surface area contributed by atoms with Gasteiger partial charge in [-0.3, -0.25) is 0 Å². The molecule has 1 heterocycles. The summed E-state index contributed by atoms with van der Waals surface area (Å²) < 4.78 is 0. The molecule has 1 N–H and O–H groups in total. The van der Waals surface area contributed by atoms with E-state index >= 15 is 0 Å². The van der Waals surface area contributed by atoms with Crippen LogP contribution >= 0.6 is 11.8 Å². The zero-order chi connectivity index (χ0) is 13.2. The molecule has 0 aromatic rings. The highest BCUT2D eigenvalue weighted by molar-refractivity contribution is 7.98. The Morgan fingerprint density at radius 2 is 2.00 bits per heavy atom. The number of hydrogen-bond donors (Lipinski definition) is 1. The van der Waals surface area contributed by atoms with Crippen LogP contribution in [0.5, 0.6) is 0 Å². The number of nitrogens with one attached hydrogen (secondary N) is 1. The zero-order valence-electron chi connectivity index (χ0n) is 12.6. The van der Waals surface area contributed by atoms with Gasteiger partial charge in [0.15, 0.2) is 0 Å². The first-order valence-electron chi connectivity index (χ1n) is 7.72. The number of rotatable bonds is 9. The van der Waals surface area contributed by atoms with E-state index in [-0.39, 0.29) is 0 Å². The predicted molar refractivity (Wildman–Crippen MR) is 84.5 cm³/mol. The van der Waals surface area contributed by atoms with Gasteiger partial charge in [0.05, 0.1) is 0 Å². The largest absolute Gasteiger partial charge is 0.314 e. The van der Waals surface area contributed by atoms with Crippen LogP contribution in [0.4, 0.5) is 0 Å². The van der Waals surface area contributed by atoms with Gasteiger partial charge in [-0.25, -0.2) is 0 Å². The third-order valence-electron chi connectivity index (χ3n) is 4.03. The summed E-state index contributed by atoms with van der Waals surface area (Å²) in [5.41, 5.74) is 0. The van der Waals surface area contributed by atoms with E-state index in [9.17, 15) is 0 Å². The van der Waals surface area contributed by atoms with E-state index in [4.69, 9.17) is 0 Å². The van der Waals surface area contributed by atoms with Crippen molar-refractivity contribution in [2.75, 3.05) is 38.2 Å². The fraction of sp³-hybridized carbons (Fsp3) is 1.00. The van der Waals surface area contributed by atoms with Crippen molar-refractivity contribution >= 4 is 11.8 Å². The number of hydrogen-bond acceptors (Lipinski definition) is 3. The van der Waals surface area contributed by atoms with Crippen molar-refractivity contribution in [3.05, 3.63) is 0 Å². The molecule has 0 bridgehead atoms. The van der Waals surface area contributed by atoms with Gasteiger partial charge in [0.1, 0.15) is 0 Å². The second-order valence-electron chi connectivity index (χ2n) is 5.64. The Hall–Kier alpha value is 0.270. The third kappa shape index (κ3) is 6.44. The minimum absolute atomic E-state index is 0.757. The molecule has 1 rings (SSSR count). The highest BCUT2D eigenvalue weighted by Gasteiger charge is 2.24. The van der Waals surface area contributed by atoms with Crippen LogP contribution in [0.2, 0.25) is 0 Å². The van der Waals surface area contributed by atoms with Crippen LogP contribution in [-0.4, -0.2) is 49.1 Å². The van der Waals surface area contributed by atoms with Crippen molar-refractivity contribution in [2.24, 2.45) is 5.92 Å². The molecule has 0 radical (unpaired) electrons. The summed E-state index contributed by atoms with van der Waals surface area (Å²) in [6.07, 6.45) is 9.18. The van der Waals surface area contributed by atoms with Crippen molar-refractivity contribution < 1.29 is 0 Å². The Bertz CT molecular complexity index is 199. The van der Waals surface area contributed by atoms with Crippen LogP contribution in [0.1, 0.15) is 46.0 Å². The van der Waals surface area contributed by atoms with E-state index in [1.807, 2.05) is 11.8 Å². The van der Waals surface area contributed by atoms with Gasteiger partial charge < -0.3 is 10.2 Å². The molecular weight excluding hydrogens is 240 g/mol. The smallest absolute Gasteiger partial charge is 0.0117 e. The molecule has 0 aromatic carbocycles. The summed E-state index contributed by atoms with van der Waals surface area (Å²) in [6.45, 7) is 9.65. The maximum atomic E-state index is 3.62. The molecule has 0 amide bonds. The number of piperidine rings is 1. The Morgan fingerprint density at radius 3 is 2.67 bits per heavy atom. The SMILES string of the molecule is CCNC1CCN(CCCCCCSC)CC1C. The zero-order valence-corrected chi connectivity index (χ0v) is 13.4. The molecule has 3 heteroatoms. The summed E-state index contributed by atoms with van der Waals surface area (Å²) in [7, 11) is 0. The van der Waals surface area contributed by atoms with Gasteiger partial charge in [-0.1, -0.05) is 26.7 Å². The first-order valence-corrected chi connectivity index (χ1v) is 9.12. The van der Waals surface area contributed by atoms with E-state index in [0.29, 0.717) is 0 Å². The van der Waals surface area contributed by atoms with Crippen LogP contribution in [0.3, 0.4) is 0 Å². The number of nitrogens with zero attached hydrogens (tertiary/aromatic N) is 1. The highest BCUT2D eigenvalue weighted by Crippen LogP contribution is 2.17. The maximum absolute atomic E-state index is 3.62. The second kappa shape index (κ2) is 10.1. The van der Waals surface area contributed by atoms with Gasteiger partial charge in [-0.05, 0) is 56.8 Å². The monoisotopic (exact) mass is 272 g/mol. The van der Waals surface area contributed by atoms with Crippen LogP contribution in [0.25, 0.3) is 0 Å². The minimum Gasteiger partial charge on any atom is -0.314 e. The van der Waals surface area contributed by atoms with Crippen molar-refractivity contribution in [2.45, 2.75) is 52.0 Å². The van der Waals surface area contributed by atoms with E-state index < -0.39 is 0 Å². The van der Waals surface area contributed by atoms with Gasteiger partial charge >= 0.3 is 0 Å². The van der Waals surface area contributed by atoms with Gasteiger partial charge in [0, 0.05) is 12.6 Å². The van der Waals surface area contributed by atoms with E-state index in [1.165, 1.54) is 57.5 Å². The first-order chi connectivity index (χ1) is 8.77. The number of thioether (sulfide) groups is 1. The number of unbranched alkanes of at least 4 members (excludes halogenated alkanes) is 3. The molecule has 1 aliphatic rings. The fourth-order valence-electron chi connectivity index (χ4n) is 2.94. The van der Waals surface area contributed by atoms with Crippen molar-refractivity contribution in [1.29, 1.82) is 0 Å². The molecular formula is C15H32N2S. The lowest BCUT2D eigenvalue weighted by Crippen LogP contribution is -2.48. The lowest BCUT2D eigenvalue weighted by molar-refractivity contribution is 0.146. The van der Waals surface area contributed by atoms with Gasteiger partial charge in [-0.15, -0.1) is 0 Å². The normalized spacial score (nSPS) is 25.5. The van der Waals surface area contributed by atoms with Gasteiger partial charge in [-0.2, -0.15) is 11.8 Å². The molecule has 0 aliphatic carbocycles. The van der Waals surface area contributed by atoms with Crippen molar-refractivity contribution in [1.82, 2.24) is 10.2 Å². The number of likely N-dealkylation sites (tertiary alicyclic amines) is 1. The molecule has 2 nitrogen and oxygen atoms in total. The Labute approximate surface area is 118 Å². The van der Waals surface area contributed by atoms with E-state index in [2.05, 4.69) is 30.3 Å². The summed E-state index contributed by atoms with van der Waals surface area (Å²) >= 11 is 1.98. The average molecular weight is 273 g/mol. The Kier molecular flexibility index (Phi) is 9.16. The molecule has 2 unspecified atom stereocenters. The lowest BCUT2D eigenvalue weighted by Gasteiger charge is -2.37. The van der Waals surface area contributed by atoms with Gasteiger partial charge in [0.25, 0.3) is 0 Å². The van der Waals surface area contributed by atoms with Crippen LogP contribution in [0, 0.1) is 5.92 Å². The third-order valence-corrected chi connectivity index (χ3v) is 4.73. The van der Waals surface area contributed by atoms with E-state index in [1.54, 1.807) is 0 Å². The quantitative estimate of drug-likeness (QED) is 0.649. The summed E-state index contributed by atoms with van der Waals surface area (Å²) in [5.74, 6) is 2.15. The van der Waals surface area contributed by atoms with Crippen molar-refractivity contribution in [3.8, 4) is 0 Å². The minimum atomic E-state index is 0.757. The Balaban J connectivity index is 2.03. The average Bonchev–Trinajstić information content (AvgIpc) is 2.37. The fourth-order valence-corrected chi connectivity index (χ4v) is 3.43. The molecule has 0 spiro atoms. The van der Waals surface area contributed by atoms with Crippen LogP contribution < -0.4 is 5.32 Å². The molecule has 18 heavy (non-hydrogen) atoms. The molecule has 1 fully saturated rings. The molecule has 108 valence electrons. The molecule has 0 aromatic heterocycles. The lowest BCUT2D eigenvalue weighted by atomic mass is 9.93. The first kappa shape index (κ1) is 16.3. The molecule has 1 saturated heterocycles.